The molecule has 0 saturated carbocycles. The Bertz CT molecular complexity index is 656. The lowest BCUT2D eigenvalue weighted by Crippen LogP contribution is -2.14. The quantitative estimate of drug-likeness (QED) is 0.347. The van der Waals surface area contributed by atoms with Crippen LogP contribution in [0, 0.1) is 0 Å². The Morgan fingerprint density at radius 1 is 0.783 bits per heavy atom. The standard InChI is InChI=1S/C12H11O2P.C4H8N2O2/c13-15(14,11-7-3-1-4-8-11)12-9-5-2-6-10-12;1-3(5-7)4(2)6-8/h1-10H,(H,13,14);7-8H,1-2H3. The van der Waals surface area contributed by atoms with Gasteiger partial charge in [-0.25, -0.2) is 0 Å². The summed E-state index contributed by atoms with van der Waals surface area (Å²) < 4.78 is 12.2. The molecular weight excluding hydrogens is 315 g/mol. The highest BCUT2D eigenvalue weighted by Gasteiger charge is 2.22. The molecule has 0 saturated heterocycles. The SMILES string of the molecule is CC(=NO)C(C)=NO.O=P(O)(c1ccccc1)c1ccccc1. The van der Waals surface area contributed by atoms with Gasteiger partial charge < -0.3 is 15.3 Å². The molecule has 0 unspecified atom stereocenters. The van der Waals surface area contributed by atoms with Gasteiger partial charge in [0.25, 0.3) is 7.37 Å². The molecule has 2 aromatic carbocycles. The summed E-state index contributed by atoms with van der Waals surface area (Å²) in [6, 6.07) is 17.4. The van der Waals surface area contributed by atoms with Crippen molar-refractivity contribution in [1.82, 2.24) is 0 Å². The molecule has 0 radical (unpaired) electrons. The van der Waals surface area contributed by atoms with Gasteiger partial charge in [0.1, 0.15) is 11.4 Å². The van der Waals surface area contributed by atoms with Crippen LogP contribution in [0.3, 0.4) is 0 Å². The number of hydrogen-bond acceptors (Lipinski definition) is 5. The van der Waals surface area contributed by atoms with Crippen molar-refractivity contribution in [2.75, 3.05) is 0 Å². The third kappa shape index (κ3) is 5.36. The van der Waals surface area contributed by atoms with Crippen LogP contribution in [0.1, 0.15) is 13.8 Å². The van der Waals surface area contributed by atoms with Gasteiger partial charge in [-0.15, -0.1) is 0 Å². The maximum absolute atomic E-state index is 12.2. The van der Waals surface area contributed by atoms with Crippen LogP contribution in [0.2, 0.25) is 0 Å². The van der Waals surface area contributed by atoms with Crippen molar-refractivity contribution in [3.8, 4) is 0 Å². The smallest absolute Gasteiger partial charge is 0.258 e. The third-order valence-electron chi connectivity index (χ3n) is 3.04. The molecule has 7 heteroatoms. The molecule has 0 spiro atoms. The lowest BCUT2D eigenvalue weighted by atomic mass is 10.3. The zero-order chi connectivity index (χ0) is 17.3. The van der Waals surface area contributed by atoms with Crippen LogP contribution in [0.5, 0.6) is 0 Å². The summed E-state index contributed by atoms with van der Waals surface area (Å²) in [5, 5.41) is 22.6. The molecule has 6 nitrogen and oxygen atoms in total. The minimum Gasteiger partial charge on any atom is -0.411 e. The van der Waals surface area contributed by atoms with Crippen LogP contribution in [0.4, 0.5) is 0 Å². The molecule has 23 heavy (non-hydrogen) atoms. The molecule has 0 amide bonds. The van der Waals surface area contributed by atoms with Gasteiger partial charge in [0.15, 0.2) is 0 Å². The third-order valence-corrected chi connectivity index (χ3v) is 5.03. The normalized spacial score (nSPS) is 12.3. The number of oxime groups is 2. The minimum atomic E-state index is -3.40. The van der Waals surface area contributed by atoms with Crippen molar-refractivity contribution in [3.05, 3.63) is 60.7 Å². The molecule has 122 valence electrons. The van der Waals surface area contributed by atoms with Gasteiger partial charge in [0, 0.05) is 10.6 Å². The zero-order valence-corrected chi connectivity index (χ0v) is 13.8. The van der Waals surface area contributed by atoms with Crippen molar-refractivity contribution in [2.45, 2.75) is 13.8 Å². The van der Waals surface area contributed by atoms with Crippen molar-refractivity contribution in [2.24, 2.45) is 10.3 Å². The summed E-state index contributed by atoms with van der Waals surface area (Å²) in [4.78, 5) is 10.0. The van der Waals surface area contributed by atoms with Crippen molar-refractivity contribution in [1.29, 1.82) is 0 Å². The van der Waals surface area contributed by atoms with E-state index < -0.39 is 7.37 Å². The fourth-order valence-electron chi connectivity index (χ4n) is 1.55. The molecule has 0 atom stereocenters. The summed E-state index contributed by atoms with van der Waals surface area (Å²) in [5.74, 6) is 0. The van der Waals surface area contributed by atoms with Crippen molar-refractivity contribution in [3.63, 3.8) is 0 Å². The molecule has 0 aliphatic carbocycles. The topological polar surface area (TPSA) is 102 Å². The molecule has 0 aliphatic rings. The number of nitrogens with zero attached hydrogens (tertiary/aromatic N) is 2. The Morgan fingerprint density at radius 2 is 1.09 bits per heavy atom. The summed E-state index contributed by atoms with van der Waals surface area (Å²) in [7, 11) is -3.40. The molecular formula is C16H19N2O4P. The van der Waals surface area contributed by atoms with Crippen LogP contribution < -0.4 is 10.6 Å². The van der Waals surface area contributed by atoms with E-state index in [-0.39, 0.29) is 0 Å². The van der Waals surface area contributed by atoms with E-state index in [2.05, 4.69) is 10.3 Å². The van der Waals surface area contributed by atoms with Gasteiger partial charge in [0.05, 0.1) is 0 Å². The second-order valence-corrected chi connectivity index (χ2v) is 6.80. The lowest BCUT2D eigenvalue weighted by Gasteiger charge is -2.11. The van der Waals surface area contributed by atoms with E-state index >= 15 is 0 Å². The van der Waals surface area contributed by atoms with Gasteiger partial charge in [-0.2, -0.15) is 0 Å². The van der Waals surface area contributed by atoms with Gasteiger partial charge in [-0.3, -0.25) is 4.57 Å². The highest BCUT2D eigenvalue weighted by molar-refractivity contribution is 7.73. The maximum Gasteiger partial charge on any atom is 0.258 e. The first kappa shape index (κ1) is 18.6. The molecule has 3 N–H and O–H groups in total. The Labute approximate surface area is 134 Å². The fraction of sp³-hybridized carbons (Fsp3) is 0.125. The van der Waals surface area contributed by atoms with E-state index in [0.717, 1.165) is 0 Å². The van der Waals surface area contributed by atoms with Crippen molar-refractivity contribution < 1.29 is 19.9 Å². The van der Waals surface area contributed by atoms with Crippen LogP contribution in [0.25, 0.3) is 0 Å². The summed E-state index contributed by atoms with van der Waals surface area (Å²) in [5.41, 5.74) is 0.625. The second kappa shape index (κ2) is 8.88. The van der Waals surface area contributed by atoms with Gasteiger partial charge in [0.2, 0.25) is 0 Å². The average Bonchev–Trinajstić information content (AvgIpc) is 2.62. The first-order valence-electron chi connectivity index (χ1n) is 6.75. The number of benzene rings is 2. The number of hydrogen-bond donors (Lipinski definition) is 3. The monoisotopic (exact) mass is 334 g/mol. The second-order valence-electron chi connectivity index (χ2n) is 4.62. The Kier molecular flexibility index (Phi) is 7.19. The van der Waals surface area contributed by atoms with Crippen LogP contribution >= 0.6 is 7.37 Å². The van der Waals surface area contributed by atoms with E-state index in [0.29, 0.717) is 22.0 Å². The van der Waals surface area contributed by atoms with E-state index in [4.69, 9.17) is 10.4 Å². The molecule has 2 aromatic rings. The first-order valence-corrected chi connectivity index (χ1v) is 8.41. The maximum atomic E-state index is 12.2. The molecule has 0 heterocycles. The Hall–Kier alpha value is -2.43. The van der Waals surface area contributed by atoms with Gasteiger partial charge in [-0.1, -0.05) is 46.7 Å². The molecule has 0 bridgehead atoms. The first-order chi connectivity index (χ1) is 10.9. The predicted molar refractivity (Wildman–Crippen MR) is 91.8 cm³/mol. The average molecular weight is 334 g/mol. The van der Waals surface area contributed by atoms with Crippen LogP contribution in [-0.2, 0) is 4.57 Å². The largest absolute Gasteiger partial charge is 0.411 e. The lowest BCUT2D eigenvalue weighted by molar-refractivity contribution is 0.313. The van der Waals surface area contributed by atoms with E-state index in [9.17, 15) is 9.46 Å². The van der Waals surface area contributed by atoms with Crippen LogP contribution in [0.15, 0.2) is 71.0 Å². The van der Waals surface area contributed by atoms with Crippen molar-refractivity contribution >= 4 is 29.4 Å². The van der Waals surface area contributed by atoms with E-state index in [1.165, 1.54) is 13.8 Å². The fourth-order valence-corrected chi connectivity index (χ4v) is 3.00. The summed E-state index contributed by atoms with van der Waals surface area (Å²) >= 11 is 0. The Balaban J connectivity index is 0.000000284. The van der Waals surface area contributed by atoms with E-state index in [1.54, 1.807) is 48.5 Å². The minimum absolute atomic E-state index is 0.313. The molecule has 2 rings (SSSR count). The zero-order valence-electron chi connectivity index (χ0n) is 12.9. The predicted octanol–water partition coefficient (Wildman–Crippen LogP) is 2.59. The highest BCUT2D eigenvalue weighted by Crippen LogP contribution is 2.37. The van der Waals surface area contributed by atoms with E-state index in [1.807, 2.05) is 12.1 Å². The van der Waals surface area contributed by atoms with Gasteiger partial charge >= 0.3 is 0 Å². The highest BCUT2D eigenvalue weighted by atomic mass is 31.2. The molecule has 0 aromatic heterocycles. The Morgan fingerprint density at radius 3 is 1.35 bits per heavy atom. The van der Waals surface area contributed by atoms with Crippen LogP contribution in [-0.4, -0.2) is 26.7 Å². The molecule has 0 aliphatic heterocycles. The molecule has 0 fully saturated rings. The summed E-state index contributed by atoms with van der Waals surface area (Å²) in [6.07, 6.45) is 0. The summed E-state index contributed by atoms with van der Waals surface area (Å²) in [6.45, 7) is 3.07. The van der Waals surface area contributed by atoms with Gasteiger partial charge in [-0.05, 0) is 38.1 Å². The number of rotatable bonds is 3.